The second-order valence-corrected chi connectivity index (χ2v) is 4.82. The van der Waals surface area contributed by atoms with Crippen molar-refractivity contribution >= 4 is 5.97 Å². The number of halogens is 1. The van der Waals surface area contributed by atoms with E-state index in [9.17, 15) is 9.18 Å². The van der Waals surface area contributed by atoms with Gasteiger partial charge in [0.1, 0.15) is 5.82 Å². The maximum atomic E-state index is 13.1. The van der Waals surface area contributed by atoms with Crippen LogP contribution in [0.25, 0.3) is 0 Å². The monoisotopic (exact) mass is 267 g/mol. The topological polar surface area (TPSA) is 49.8 Å². The van der Waals surface area contributed by atoms with Crippen molar-refractivity contribution in [2.24, 2.45) is 0 Å². The van der Waals surface area contributed by atoms with E-state index in [1.54, 1.807) is 13.2 Å². The molecule has 1 aliphatic rings. The first-order chi connectivity index (χ1) is 9.10. The molecule has 0 aromatic heterocycles. The van der Waals surface area contributed by atoms with Gasteiger partial charge in [-0.1, -0.05) is 6.07 Å². The highest BCUT2D eigenvalue weighted by atomic mass is 19.1. The number of benzene rings is 1. The minimum absolute atomic E-state index is 0.0499. The lowest BCUT2D eigenvalue weighted by molar-refractivity contribution is 0.0386. The summed E-state index contributed by atoms with van der Waals surface area (Å²) in [6.45, 7) is 2.28. The molecule has 4 nitrogen and oxygen atoms in total. The standard InChI is InChI=1S/C14H18FNO3/c1-19-12-4-6-16(7-5-12)9-10-2-3-11(15)8-13(10)14(17)18/h2-3,8,12H,4-7,9H2,1H3,(H,17,18). The third-order valence-electron chi connectivity index (χ3n) is 3.56. The summed E-state index contributed by atoms with van der Waals surface area (Å²) in [6, 6.07) is 3.95. The van der Waals surface area contributed by atoms with E-state index < -0.39 is 11.8 Å². The predicted octanol–water partition coefficient (Wildman–Crippen LogP) is 2.13. The summed E-state index contributed by atoms with van der Waals surface area (Å²) in [5.74, 6) is -1.60. The first kappa shape index (κ1) is 14.0. The van der Waals surface area contributed by atoms with Crippen molar-refractivity contribution in [2.75, 3.05) is 20.2 Å². The molecular weight excluding hydrogens is 249 g/mol. The number of piperidine rings is 1. The number of nitrogens with zero attached hydrogens (tertiary/aromatic N) is 1. The lowest BCUT2D eigenvalue weighted by Crippen LogP contribution is -2.36. The number of hydrogen-bond acceptors (Lipinski definition) is 3. The molecule has 0 unspecified atom stereocenters. The van der Waals surface area contributed by atoms with Crippen LogP contribution in [0.3, 0.4) is 0 Å². The molecule has 104 valence electrons. The predicted molar refractivity (Wildman–Crippen MR) is 68.7 cm³/mol. The number of ether oxygens (including phenoxy) is 1. The maximum absolute atomic E-state index is 13.1. The van der Waals surface area contributed by atoms with E-state index in [4.69, 9.17) is 9.84 Å². The Morgan fingerprint density at radius 3 is 2.74 bits per heavy atom. The SMILES string of the molecule is COC1CCN(Cc2ccc(F)cc2C(=O)O)CC1. The second kappa shape index (κ2) is 6.12. The zero-order valence-corrected chi connectivity index (χ0v) is 10.9. The molecule has 1 heterocycles. The highest BCUT2D eigenvalue weighted by Gasteiger charge is 2.20. The molecule has 0 saturated carbocycles. The first-order valence-corrected chi connectivity index (χ1v) is 6.37. The summed E-state index contributed by atoms with van der Waals surface area (Å²) >= 11 is 0. The molecule has 1 fully saturated rings. The van der Waals surface area contributed by atoms with E-state index in [0.29, 0.717) is 18.2 Å². The summed E-state index contributed by atoms with van der Waals surface area (Å²) in [6.07, 6.45) is 2.18. The van der Waals surface area contributed by atoms with Gasteiger partial charge in [-0.15, -0.1) is 0 Å². The average Bonchev–Trinajstić information content (AvgIpc) is 2.41. The zero-order chi connectivity index (χ0) is 13.8. The van der Waals surface area contributed by atoms with Gasteiger partial charge >= 0.3 is 5.97 Å². The summed E-state index contributed by atoms with van der Waals surface area (Å²) in [5, 5.41) is 9.09. The lowest BCUT2D eigenvalue weighted by atomic mass is 10.0. The van der Waals surface area contributed by atoms with Gasteiger partial charge in [0.05, 0.1) is 11.7 Å². The Morgan fingerprint density at radius 1 is 1.47 bits per heavy atom. The molecule has 0 atom stereocenters. The molecule has 2 rings (SSSR count). The molecule has 0 aliphatic carbocycles. The molecule has 5 heteroatoms. The Morgan fingerprint density at radius 2 is 2.16 bits per heavy atom. The smallest absolute Gasteiger partial charge is 0.336 e. The van der Waals surface area contributed by atoms with Gasteiger partial charge in [-0.05, 0) is 30.5 Å². The van der Waals surface area contributed by atoms with E-state index >= 15 is 0 Å². The Bertz CT molecular complexity index is 456. The lowest BCUT2D eigenvalue weighted by Gasteiger charge is -2.31. The fourth-order valence-electron chi connectivity index (χ4n) is 2.43. The summed E-state index contributed by atoms with van der Waals surface area (Å²) in [5.41, 5.74) is 0.707. The van der Waals surface area contributed by atoms with Crippen molar-refractivity contribution in [3.8, 4) is 0 Å². The number of methoxy groups -OCH3 is 1. The van der Waals surface area contributed by atoms with Crippen molar-refractivity contribution in [1.82, 2.24) is 4.90 Å². The van der Waals surface area contributed by atoms with Crippen molar-refractivity contribution in [1.29, 1.82) is 0 Å². The van der Waals surface area contributed by atoms with E-state index in [1.165, 1.54) is 6.07 Å². The van der Waals surface area contributed by atoms with Crippen LogP contribution in [0.5, 0.6) is 0 Å². The Labute approximate surface area is 111 Å². The number of rotatable bonds is 4. The molecule has 0 amide bonds. The molecule has 19 heavy (non-hydrogen) atoms. The molecule has 1 aromatic carbocycles. The third kappa shape index (κ3) is 3.52. The van der Waals surface area contributed by atoms with Crippen molar-refractivity contribution in [3.05, 3.63) is 35.1 Å². The molecule has 0 radical (unpaired) electrons. The fourth-order valence-corrected chi connectivity index (χ4v) is 2.43. The zero-order valence-electron chi connectivity index (χ0n) is 10.9. The first-order valence-electron chi connectivity index (χ1n) is 6.37. The summed E-state index contributed by atoms with van der Waals surface area (Å²) in [7, 11) is 1.71. The van der Waals surface area contributed by atoms with Crippen LogP contribution in [0.2, 0.25) is 0 Å². The molecular formula is C14H18FNO3. The van der Waals surface area contributed by atoms with Crippen LogP contribution in [0.4, 0.5) is 4.39 Å². The highest BCUT2D eigenvalue weighted by Crippen LogP contribution is 2.18. The molecule has 1 aromatic rings. The quantitative estimate of drug-likeness (QED) is 0.908. The molecule has 0 spiro atoms. The van der Waals surface area contributed by atoms with Crippen molar-refractivity contribution in [3.63, 3.8) is 0 Å². The summed E-state index contributed by atoms with van der Waals surface area (Å²) < 4.78 is 18.4. The van der Waals surface area contributed by atoms with Crippen LogP contribution >= 0.6 is 0 Å². The van der Waals surface area contributed by atoms with Gasteiger partial charge in [0.25, 0.3) is 0 Å². The van der Waals surface area contributed by atoms with Gasteiger partial charge in [-0.25, -0.2) is 9.18 Å². The van der Waals surface area contributed by atoms with Gasteiger partial charge in [-0.3, -0.25) is 4.90 Å². The van der Waals surface area contributed by atoms with Gasteiger partial charge in [0, 0.05) is 26.7 Å². The number of carbonyl (C=O) groups is 1. The van der Waals surface area contributed by atoms with Gasteiger partial charge < -0.3 is 9.84 Å². The van der Waals surface area contributed by atoms with Crippen LogP contribution in [0.1, 0.15) is 28.8 Å². The maximum Gasteiger partial charge on any atom is 0.336 e. The fraction of sp³-hybridized carbons (Fsp3) is 0.500. The summed E-state index contributed by atoms with van der Waals surface area (Å²) in [4.78, 5) is 13.3. The van der Waals surface area contributed by atoms with Crippen LogP contribution in [0.15, 0.2) is 18.2 Å². The molecule has 1 saturated heterocycles. The number of carboxylic acid groups (broad SMARTS) is 1. The van der Waals surface area contributed by atoms with Crippen LogP contribution < -0.4 is 0 Å². The van der Waals surface area contributed by atoms with Crippen LogP contribution in [0, 0.1) is 5.82 Å². The van der Waals surface area contributed by atoms with Gasteiger partial charge in [0.15, 0.2) is 0 Å². The second-order valence-electron chi connectivity index (χ2n) is 4.82. The van der Waals surface area contributed by atoms with Crippen molar-refractivity contribution < 1.29 is 19.0 Å². The van der Waals surface area contributed by atoms with Crippen LogP contribution in [-0.2, 0) is 11.3 Å². The number of hydrogen-bond donors (Lipinski definition) is 1. The van der Waals surface area contributed by atoms with E-state index in [1.807, 2.05) is 0 Å². The minimum Gasteiger partial charge on any atom is -0.478 e. The number of aromatic carboxylic acids is 1. The molecule has 1 aliphatic heterocycles. The number of carboxylic acids is 1. The van der Waals surface area contributed by atoms with E-state index in [0.717, 1.165) is 32.0 Å². The molecule has 1 N–H and O–H groups in total. The Kier molecular flexibility index (Phi) is 4.50. The highest BCUT2D eigenvalue weighted by molar-refractivity contribution is 5.89. The third-order valence-corrected chi connectivity index (χ3v) is 3.56. The van der Waals surface area contributed by atoms with E-state index in [2.05, 4.69) is 4.90 Å². The Hall–Kier alpha value is -1.46. The van der Waals surface area contributed by atoms with Gasteiger partial charge in [-0.2, -0.15) is 0 Å². The number of likely N-dealkylation sites (tertiary alicyclic amines) is 1. The average molecular weight is 267 g/mol. The van der Waals surface area contributed by atoms with E-state index in [-0.39, 0.29) is 5.56 Å². The largest absolute Gasteiger partial charge is 0.478 e. The normalized spacial score (nSPS) is 17.6. The van der Waals surface area contributed by atoms with Crippen molar-refractivity contribution in [2.45, 2.75) is 25.5 Å². The van der Waals surface area contributed by atoms with Crippen LogP contribution in [-0.4, -0.2) is 42.3 Å². The molecule has 0 bridgehead atoms. The minimum atomic E-state index is -1.08. The Balaban J connectivity index is 2.05. The van der Waals surface area contributed by atoms with Gasteiger partial charge in [0.2, 0.25) is 0 Å².